The number of hydrogen-bond donors (Lipinski definition) is 2. The van der Waals surface area contributed by atoms with Crippen LogP contribution in [-0.2, 0) is 13.6 Å². The molecule has 0 radical (unpaired) electrons. The quantitative estimate of drug-likeness (QED) is 0.160. The highest BCUT2D eigenvalue weighted by Gasteiger charge is 2.72. The smallest absolute Gasteiger partial charge is 0.423 e. The minimum atomic E-state index is -3.39. The van der Waals surface area contributed by atoms with Crippen molar-refractivity contribution < 1.29 is 27.1 Å². The summed E-state index contributed by atoms with van der Waals surface area (Å²) in [6, 6.07) is 28.5. The van der Waals surface area contributed by atoms with E-state index in [2.05, 4.69) is 51.3 Å². The van der Waals surface area contributed by atoms with E-state index in [4.69, 9.17) is 31.7 Å². The van der Waals surface area contributed by atoms with Crippen LogP contribution in [-0.4, -0.2) is 19.8 Å². The molecule has 0 bridgehead atoms. The van der Waals surface area contributed by atoms with Gasteiger partial charge in [0, 0.05) is 4.52 Å². The van der Waals surface area contributed by atoms with Crippen molar-refractivity contribution in [2.75, 3.05) is 19.8 Å². The minimum Gasteiger partial charge on any atom is -0.423 e. The van der Waals surface area contributed by atoms with E-state index in [0.717, 1.165) is 0 Å². The van der Waals surface area contributed by atoms with E-state index in [1.54, 1.807) is 0 Å². The van der Waals surface area contributed by atoms with E-state index in [9.17, 15) is 0 Å². The van der Waals surface area contributed by atoms with E-state index in [1.807, 2.05) is 91.0 Å². The van der Waals surface area contributed by atoms with Gasteiger partial charge in [0.2, 0.25) is 0 Å². The van der Waals surface area contributed by atoms with Crippen LogP contribution in [0.15, 0.2) is 95.5 Å². The summed E-state index contributed by atoms with van der Waals surface area (Å²) < 4.78 is 45.3. The number of hydrogen-bond acceptors (Lipinski definition) is 9. The van der Waals surface area contributed by atoms with E-state index in [-0.39, 0.29) is 17.8 Å². The third kappa shape index (κ3) is 9.74. The van der Waals surface area contributed by atoms with Crippen LogP contribution in [0.2, 0.25) is 0 Å². The zero-order chi connectivity index (χ0) is 30.1. The van der Waals surface area contributed by atoms with Gasteiger partial charge in [0.15, 0.2) is 11.5 Å². The second-order valence-electron chi connectivity index (χ2n) is 11.2. The summed E-state index contributed by atoms with van der Waals surface area (Å²) in [7, 11) is -10.1. The molecule has 9 nitrogen and oxygen atoms in total. The van der Waals surface area contributed by atoms with Gasteiger partial charge >= 0.3 is 23.7 Å². The molecule has 3 atom stereocenters. The van der Waals surface area contributed by atoms with Crippen molar-refractivity contribution >= 4 is 23.7 Å². The van der Waals surface area contributed by atoms with E-state index >= 15 is 0 Å². The van der Waals surface area contributed by atoms with Gasteiger partial charge in [-0.3, -0.25) is 13.6 Å². The number of rotatable bonds is 15. The Labute approximate surface area is 252 Å². The minimum absolute atomic E-state index is 0.201. The standard InChI is InChI=1S/C30H44N3O6P3/c1-25(2)22-34-40(37-28-16-10-7-11-17-28)31-41(35-23-26(3)4,38-29-18-12-8-13-19-29)33-42(32-40,36-24-27(5)6)39-30-20-14-9-15-21-30/h7-21,25-27,31-32H,22-24H2,1-6H3/q+2. The zero-order valence-electron chi connectivity index (χ0n) is 25.3. The van der Waals surface area contributed by atoms with Gasteiger partial charge in [-0.1, -0.05) is 96.1 Å². The molecule has 0 fully saturated rings. The van der Waals surface area contributed by atoms with Crippen molar-refractivity contribution in [1.82, 2.24) is 9.72 Å². The first-order chi connectivity index (χ1) is 20.1. The van der Waals surface area contributed by atoms with Crippen molar-refractivity contribution in [3.05, 3.63) is 91.0 Å². The van der Waals surface area contributed by atoms with Crippen molar-refractivity contribution in [1.29, 1.82) is 0 Å². The molecule has 2 N–H and O–H groups in total. The van der Waals surface area contributed by atoms with E-state index < -0.39 is 23.7 Å². The predicted octanol–water partition coefficient (Wildman–Crippen LogP) is 9.74. The van der Waals surface area contributed by atoms with Crippen LogP contribution in [0.1, 0.15) is 41.5 Å². The van der Waals surface area contributed by atoms with Crippen LogP contribution in [0, 0.1) is 17.8 Å². The highest BCUT2D eigenvalue weighted by atomic mass is 31.3. The first-order valence-corrected chi connectivity index (χ1v) is 19.1. The lowest BCUT2D eigenvalue weighted by Gasteiger charge is -2.34. The van der Waals surface area contributed by atoms with Crippen molar-refractivity contribution in [3.63, 3.8) is 0 Å². The molecule has 1 aliphatic rings. The average Bonchev–Trinajstić information content (AvgIpc) is 2.96. The fourth-order valence-electron chi connectivity index (χ4n) is 3.55. The zero-order valence-corrected chi connectivity index (χ0v) is 27.9. The summed E-state index contributed by atoms with van der Waals surface area (Å²) in [4.78, 5) is 7.08. The maximum atomic E-state index is 6.74. The molecule has 1 aliphatic heterocycles. The maximum Gasteiger partial charge on any atom is 0.571 e. The number of para-hydroxylation sites is 3. The Bertz CT molecular complexity index is 1290. The van der Waals surface area contributed by atoms with Gasteiger partial charge in [-0.05, 0) is 59.0 Å². The van der Waals surface area contributed by atoms with Crippen molar-refractivity contribution in [3.8, 4) is 17.2 Å². The van der Waals surface area contributed by atoms with E-state index in [0.29, 0.717) is 37.1 Å². The molecular weight excluding hydrogens is 591 g/mol. The Balaban J connectivity index is 1.93. The Hall–Kier alpha value is -2.05. The Morgan fingerprint density at radius 1 is 0.619 bits per heavy atom. The van der Waals surface area contributed by atoms with Crippen LogP contribution in [0.4, 0.5) is 0 Å². The molecule has 1 heterocycles. The van der Waals surface area contributed by atoms with Gasteiger partial charge < -0.3 is 4.52 Å². The van der Waals surface area contributed by atoms with Gasteiger partial charge in [0.25, 0.3) is 0 Å². The van der Waals surface area contributed by atoms with Gasteiger partial charge in [-0.2, -0.15) is 9.05 Å². The van der Waals surface area contributed by atoms with Crippen molar-refractivity contribution in [2.24, 2.45) is 22.3 Å². The molecule has 0 spiro atoms. The van der Waals surface area contributed by atoms with Crippen LogP contribution in [0.3, 0.4) is 0 Å². The van der Waals surface area contributed by atoms with Gasteiger partial charge in [-0.25, -0.2) is 0 Å². The normalized spacial score (nSPS) is 24.0. The molecule has 0 aromatic heterocycles. The molecule has 3 aromatic rings. The average molecular weight is 636 g/mol. The predicted molar refractivity (Wildman–Crippen MR) is 173 cm³/mol. The fourth-order valence-corrected chi connectivity index (χ4v) is 14.3. The molecule has 4 rings (SSSR count). The summed E-state index contributed by atoms with van der Waals surface area (Å²) in [6.45, 7) is 13.6. The Kier molecular flexibility index (Phi) is 11.8. The largest absolute Gasteiger partial charge is 0.571 e. The molecule has 3 aromatic carbocycles. The molecule has 3 unspecified atom stereocenters. The summed E-state index contributed by atoms with van der Waals surface area (Å²) in [5.74, 6) is 2.41. The molecule has 228 valence electrons. The highest BCUT2D eigenvalue weighted by Crippen LogP contribution is 2.81. The fraction of sp³-hybridized carbons (Fsp3) is 0.400. The molecule has 0 aliphatic carbocycles. The molecule has 0 amide bonds. The summed E-state index contributed by atoms with van der Waals surface area (Å²) >= 11 is 0. The molecular formula is C30H44N3O6P3+2. The number of benzene rings is 3. The van der Waals surface area contributed by atoms with Gasteiger partial charge in [-0.15, -0.1) is 0 Å². The van der Waals surface area contributed by atoms with Crippen molar-refractivity contribution in [2.45, 2.75) is 41.5 Å². The third-order valence-electron chi connectivity index (χ3n) is 5.43. The lowest BCUT2D eigenvalue weighted by molar-refractivity contribution is 0.224. The number of nitrogens with one attached hydrogen (secondary N) is 2. The first-order valence-electron chi connectivity index (χ1n) is 14.3. The van der Waals surface area contributed by atoms with Crippen LogP contribution in [0.5, 0.6) is 17.2 Å². The Morgan fingerprint density at radius 2 is 1.10 bits per heavy atom. The maximum absolute atomic E-state index is 6.74. The molecule has 42 heavy (non-hydrogen) atoms. The molecule has 0 saturated carbocycles. The summed E-state index contributed by atoms with van der Waals surface area (Å²) in [5.41, 5.74) is 0. The SMILES string of the molecule is CC(C)COP1(Oc2ccccc2)=N[P+](OCC(C)C)(Oc2ccccc2)N[P+](OCC(C)C)(Oc2ccccc2)N1. The van der Waals surface area contributed by atoms with Crippen LogP contribution < -0.4 is 23.3 Å². The third-order valence-corrected chi connectivity index (χ3v) is 14.3. The second kappa shape index (κ2) is 15.1. The van der Waals surface area contributed by atoms with E-state index in [1.165, 1.54) is 0 Å². The molecule has 12 heteroatoms. The van der Waals surface area contributed by atoms with Crippen LogP contribution in [0.25, 0.3) is 0 Å². The van der Waals surface area contributed by atoms with Gasteiger partial charge in [0.1, 0.15) is 19.0 Å². The lowest BCUT2D eigenvalue weighted by atomic mass is 10.2. The second-order valence-corrected chi connectivity index (χ2v) is 18.0. The summed E-state index contributed by atoms with van der Waals surface area (Å²) in [5, 5.41) is 0. The van der Waals surface area contributed by atoms with Gasteiger partial charge in [0.05, 0.1) is 11.5 Å². The highest BCUT2D eigenvalue weighted by molar-refractivity contribution is 7.88. The first kappa shape index (κ1) is 32.9. The summed E-state index contributed by atoms with van der Waals surface area (Å²) in [6.07, 6.45) is 0. The monoisotopic (exact) mass is 635 g/mol. The Morgan fingerprint density at radius 3 is 1.62 bits per heavy atom. The number of nitrogens with zero attached hydrogens (tertiary/aromatic N) is 1. The molecule has 0 saturated heterocycles. The lowest BCUT2D eigenvalue weighted by Crippen LogP contribution is -2.39. The van der Waals surface area contributed by atoms with Crippen LogP contribution >= 0.6 is 23.7 Å². The topological polar surface area (TPSA) is 91.8 Å².